The first-order valence-corrected chi connectivity index (χ1v) is 8.96. The molecular weight excluding hydrogens is 306 g/mol. The molecule has 0 fully saturated rings. The van der Waals surface area contributed by atoms with E-state index in [0.717, 1.165) is 17.0 Å². The first kappa shape index (κ1) is 15.9. The van der Waals surface area contributed by atoms with Crippen LogP contribution in [-0.2, 0) is 0 Å². The molecule has 3 nitrogen and oxygen atoms in total. The molecular formula is C22H25N3. The minimum absolute atomic E-state index is 0.252. The number of nitrogens with one attached hydrogen (secondary N) is 1. The Hall–Kier alpha value is -2.55. The molecule has 128 valence electrons. The van der Waals surface area contributed by atoms with Gasteiger partial charge in [0.2, 0.25) is 0 Å². The largest absolute Gasteiger partial charge is 0.374 e. The third-order valence-electron chi connectivity index (χ3n) is 5.51. The number of nitrogens with zero attached hydrogens (tertiary/aromatic N) is 2. The van der Waals surface area contributed by atoms with E-state index in [9.17, 15) is 0 Å². The van der Waals surface area contributed by atoms with Crippen LogP contribution in [0.15, 0.2) is 48.2 Å². The van der Waals surface area contributed by atoms with Gasteiger partial charge in [-0.1, -0.05) is 42.8 Å². The van der Waals surface area contributed by atoms with Gasteiger partial charge in [0.1, 0.15) is 0 Å². The van der Waals surface area contributed by atoms with E-state index in [1.54, 1.807) is 0 Å². The van der Waals surface area contributed by atoms with Crippen molar-refractivity contribution in [3.05, 3.63) is 70.7 Å². The van der Waals surface area contributed by atoms with E-state index in [2.05, 4.69) is 86.9 Å². The summed E-state index contributed by atoms with van der Waals surface area (Å²) >= 11 is 0. The molecule has 4 rings (SSSR count). The van der Waals surface area contributed by atoms with E-state index >= 15 is 0 Å². The summed E-state index contributed by atoms with van der Waals surface area (Å²) in [6.45, 7) is 11.0. The van der Waals surface area contributed by atoms with E-state index < -0.39 is 0 Å². The maximum atomic E-state index is 4.85. The van der Waals surface area contributed by atoms with E-state index in [0.29, 0.717) is 5.92 Å². The normalized spacial score (nSPS) is 19.6. The number of hydrogen-bond donors (Lipinski definition) is 1. The molecule has 0 radical (unpaired) electrons. The lowest BCUT2D eigenvalue weighted by Gasteiger charge is -2.36. The summed E-state index contributed by atoms with van der Waals surface area (Å²) in [7, 11) is 0. The fourth-order valence-electron chi connectivity index (χ4n) is 4.15. The van der Waals surface area contributed by atoms with Crippen molar-refractivity contribution in [1.82, 2.24) is 9.38 Å². The first-order valence-electron chi connectivity index (χ1n) is 8.96. The number of hydrogen-bond acceptors (Lipinski definition) is 2. The van der Waals surface area contributed by atoms with E-state index in [1.165, 1.54) is 28.0 Å². The van der Waals surface area contributed by atoms with Gasteiger partial charge >= 0.3 is 0 Å². The van der Waals surface area contributed by atoms with Gasteiger partial charge in [-0.15, -0.1) is 0 Å². The van der Waals surface area contributed by atoms with Crippen LogP contribution in [0.25, 0.3) is 11.2 Å². The van der Waals surface area contributed by atoms with Gasteiger partial charge in [0.15, 0.2) is 5.65 Å². The zero-order valence-electron chi connectivity index (χ0n) is 15.6. The van der Waals surface area contributed by atoms with Gasteiger partial charge < -0.3 is 9.72 Å². The number of aromatic nitrogens is 2. The molecule has 2 aromatic heterocycles. The van der Waals surface area contributed by atoms with E-state index in [1.807, 2.05) is 0 Å². The summed E-state index contributed by atoms with van der Waals surface area (Å²) in [5, 5.41) is 3.81. The maximum absolute atomic E-state index is 4.85. The summed E-state index contributed by atoms with van der Waals surface area (Å²) in [5.74, 6) is 0.402. The van der Waals surface area contributed by atoms with E-state index in [4.69, 9.17) is 4.98 Å². The van der Waals surface area contributed by atoms with Gasteiger partial charge in [0.25, 0.3) is 0 Å². The van der Waals surface area contributed by atoms with Crippen LogP contribution in [-0.4, -0.2) is 9.38 Å². The van der Waals surface area contributed by atoms with Crippen LogP contribution in [0.5, 0.6) is 0 Å². The lowest BCUT2D eigenvalue weighted by molar-refractivity contribution is 0.605. The van der Waals surface area contributed by atoms with Crippen LogP contribution in [0.2, 0.25) is 0 Å². The quantitative estimate of drug-likeness (QED) is 0.633. The average Bonchev–Trinajstić information content (AvgIpc) is 2.89. The van der Waals surface area contributed by atoms with Crippen LogP contribution in [0.4, 0.5) is 5.69 Å². The second-order valence-electron chi connectivity index (χ2n) is 7.32. The summed E-state index contributed by atoms with van der Waals surface area (Å²) < 4.78 is 2.20. The Kier molecular flexibility index (Phi) is 3.68. The zero-order valence-corrected chi connectivity index (χ0v) is 15.6. The predicted octanol–water partition coefficient (Wildman–Crippen LogP) is 5.55. The molecule has 3 heterocycles. The van der Waals surface area contributed by atoms with Crippen molar-refractivity contribution >= 4 is 16.9 Å². The van der Waals surface area contributed by atoms with Gasteiger partial charge in [0.05, 0.1) is 17.4 Å². The van der Waals surface area contributed by atoms with Gasteiger partial charge in [-0.3, -0.25) is 0 Å². The minimum atomic E-state index is 0.252. The molecule has 1 aliphatic heterocycles. The molecule has 3 aromatic rings. The van der Waals surface area contributed by atoms with Gasteiger partial charge in [-0.05, 0) is 44.9 Å². The summed E-state index contributed by atoms with van der Waals surface area (Å²) in [6, 6.07) is 13.2. The lowest BCUT2D eigenvalue weighted by atomic mass is 9.79. The van der Waals surface area contributed by atoms with Crippen LogP contribution >= 0.6 is 0 Å². The Labute approximate surface area is 149 Å². The molecule has 0 bridgehead atoms. The predicted molar refractivity (Wildman–Crippen MR) is 105 cm³/mol. The third kappa shape index (κ3) is 2.38. The van der Waals surface area contributed by atoms with Crippen molar-refractivity contribution in [3.8, 4) is 0 Å². The number of aryl methyl sites for hydroxylation is 2. The van der Waals surface area contributed by atoms with Gasteiger partial charge in [0, 0.05) is 23.4 Å². The van der Waals surface area contributed by atoms with E-state index in [-0.39, 0.29) is 6.04 Å². The van der Waals surface area contributed by atoms with Crippen LogP contribution < -0.4 is 5.32 Å². The van der Waals surface area contributed by atoms with Crippen LogP contribution in [0.3, 0.4) is 0 Å². The van der Waals surface area contributed by atoms with Crippen molar-refractivity contribution in [3.63, 3.8) is 0 Å². The van der Waals surface area contributed by atoms with Crippen molar-refractivity contribution < 1.29 is 0 Å². The second kappa shape index (κ2) is 5.76. The molecule has 1 aliphatic rings. The fourth-order valence-corrected chi connectivity index (χ4v) is 4.15. The summed E-state index contributed by atoms with van der Waals surface area (Å²) in [4.78, 5) is 4.85. The second-order valence-corrected chi connectivity index (χ2v) is 7.32. The average molecular weight is 331 g/mol. The standard InChI is InChI=1S/C22H25N3/c1-13(2)19-14(3)20(17-9-7-6-8-10-17)24-21-18(19)11-12-25-16(5)15(4)23-22(21)25/h6-12,14,20,24H,1-5H3. The summed E-state index contributed by atoms with van der Waals surface area (Å²) in [6.07, 6.45) is 2.16. The number of anilines is 1. The van der Waals surface area contributed by atoms with Crippen LogP contribution in [0, 0.1) is 19.8 Å². The zero-order chi connectivity index (χ0) is 17.7. The number of allylic oxidation sites excluding steroid dienone is 1. The lowest BCUT2D eigenvalue weighted by Crippen LogP contribution is -2.26. The SMILES string of the molecule is CC(C)=C1c2ccn3c(C)c(C)nc3c2NC(c2ccccc2)C1C. The fraction of sp³-hybridized carbons (Fsp3) is 0.318. The molecule has 25 heavy (non-hydrogen) atoms. The Morgan fingerprint density at radius 3 is 2.48 bits per heavy atom. The molecule has 0 spiro atoms. The maximum Gasteiger partial charge on any atom is 0.161 e. The Bertz CT molecular complexity index is 975. The molecule has 2 atom stereocenters. The molecule has 0 saturated heterocycles. The number of imidazole rings is 1. The smallest absolute Gasteiger partial charge is 0.161 e. The number of benzene rings is 1. The number of fused-ring (bicyclic) bond motifs is 3. The molecule has 1 aromatic carbocycles. The molecule has 0 aliphatic carbocycles. The Balaban J connectivity index is 1.99. The Morgan fingerprint density at radius 1 is 1.08 bits per heavy atom. The van der Waals surface area contributed by atoms with Crippen molar-refractivity contribution in [2.24, 2.45) is 5.92 Å². The van der Waals surface area contributed by atoms with Crippen molar-refractivity contribution in [1.29, 1.82) is 0 Å². The number of pyridine rings is 1. The molecule has 0 amide bonds. The molecule has 0 saturated carbocycles. The third-order valence-corrected chi connectivity index (χ3v) is 5.51. The van der Waals surface area contributed by atoms with Gasteiger partial charge in [-0.2, -0.15) is 0 Å². The highest BCUT2D eigenvalue weighted by Crippen LogP contribution is 2.46. The van der Waals surface area contributed by atoms with Gasteiger partial charge in [-0.25, -0.2) is 4.98 Å². The van der Waals surface area contributed by atoms with Crippen molar-refractivity contribution in [2.45, 2.75) is 40.7 Å². The molecule has 2 unspecified atom stereocenters. The summed E-state index contributed by atoms with van der Waals surface area (Å²) in [5.41, 5.74) is 9.89. The number of rotatable bonds is 1. The van der Waals surface area contributed by atoms with Crippen molar-refractivity contribution in [2.75, 3.05) is 5.32 Å². The highest BCUT2D eigenvalue weighted by molar-refractivity contribution is 5.89. The highest BCUT2D eigenvalue weighted by Gasteiger charge is 2.32. The molecule has 1 N–H and O–H groups in total. The topological polar surface area (TPSA) is 29.3 Å². The molecule has 3 heteroatoms. The monoisotopic (exact) mass is 331 g/mol. The first-order chi connectivity index (χ1) is 12.0. The Morgan fingerprint density at radius 2 is 1.80 bits per heavy atom. The van der Waals surface area contributed by atoms with Crippen LogP contribution in [0.1, 0.15) is 49.3 Å². The minimum Gasteiger partial charge on any atom is -0.374 e. The highest BCUT2D eigenvalue weighted by atomic mass is 15.1.